The van der Waals surface area contributed by atoms with Crippen LogP contribution in [-0.2, 0) is 0 Å². The summed E-state index contributed by atoms with van der Waals surface area (Å²) < 4.78 is 0. The Morgan fingerprint density at radius 1 is 1.21 bits per heavy atom. The van der Waals surface area contributed by atoms with Crippen LogP contribution in [0.15, 0.2) is 18.2 Å². The number of hydrogen-bond acceptors (Lipinski definition) is 3. The van der Waals surface area contributed by atoms with Crippen molar-refractivity contribution in [2.45, 2.75) is 6.04 Å². The van der Waals surface area contributed by atoms with Gasteiger partial charge in [0, 0.05) is 48.8 Å². The summed E-state index contributed by atoms with van der Waals surface area (Å²) in [5.41, 5.74) is 1.16. The highest BCUT2D eigenvalue weighted by molar-refractivity contribution is 6.35. The number of piperazine rings is 1. The van der Waals surface area contributed by atoms with Gasteiger partial charge in [0.05, 0.1) is 0 Å². The normalized spacial score (nSPS) is 19.6. The van der Waals surface area contributed by atoms with Crippen LogP contribution in [0.25, 0.3) is 0 Å². The lowest BCUT2D eigenvalue weighted by atomic mass is 10.0. The first kappa shape index (κ1) is 15.1. The molecule has 1 aliphatic heterocycles. The minimum Gasteiger partial charge on any atom is -0.318 e. The van der Waals surface area contributed by atoms with E-state index < -0.39 is 0 Å². The van der Waals surface area contributed by atoms with Gasteiger partial charge in [-0.1, -0.05) is 29.3 Å². The van der Waals surface area contributed by atoms with Crippen LogP contribution in [0, 0.1) is 0 Å². The number of nitrogens with one attached hydrogen (secondary N) is 1. The molecule has 1 unspecified atom stereocenters. The molecule has 0 aromatic heterocycles. The van der Waals surface area contributed by atoms with E-state index in [4.69, 9.17) is 23.2 Å². The highest BCUT2D eigenvalue weighted by Crippen LogP contribution is 2.30. The fraction of sp³-hybridized carbons (Fsp3) is 0.571. The van der Waals surface area contributed by atoms with Gasteiger partial charge in [0.15, 0.2) is 0 Å². The van der Waals surface area contributed by atoms with Crippen molar-refractivity contribution in [2.75, 3.05) is 46.8 Å². The topological polar surface area (TPSA) is 18.5 Å². The number of nitrogens with zero attached hydrogens (tertiary/aromatic N) is 2. The first-order valence-corrected chi connectivity index (χ1v) is 7.39. The van der Waals surface area contributed by atoms with Crippen LogP contribution in [0.2, 0.25) is 10.0 Å². The van der Waals surface area contributed by atoms with Crippen molar-refractivity contribution in [3.8, 4) is 0 Å². The molecule has 1 atom stereocenters. The van der Waals surface area contributed by atoms with Crippen molar-refractivity contribution in [1.29, 1.82) is 0 Å². The van der Waals surface area contributed by atoms with Crippen molar-refractivity contribution < 1.29 is 0 Å². The maximum absolute atomic E-state index is 6.36. The van der Waals surface area contributed by atoms with E-state index in [0.29, 0.717) is 11.1 Å². The Kier molecular flexibility index (Phi) is 5.48. The van der Waals surface area contributed by atoms with E-state index >= 15 is 0 Å². The van der Waals surface area contributed by atoms with Gasteiger partial charge in [0.2, 0.25) is 0 Å². The molecule has 0 bridgehead atoms. The van der Waals surface area contributed by atoms with Gasteiger partial charge in [-0.3, -0.25) is 4.90 Å². The average Bonchev–Trinajstić information content (AvgIpc) is 2.38. The SMILES string of the molecule is CNCC(c1ccc(Cl)cc1Cl)N1CCN(C)CC1. The van der Waals surface area contributed by atoms with E-state index in [9.17, 15) is 0 Å². The molecular formula is C14H21Cl2N3. The molecule has 1 N–H and O–H groups in total. The van der Waals surface area contributed by atoms with E-state index in [1.807, 2.05) is 25.2 Å². The van der Waals surface area contributed by atoms with Crippen molar-refractivity contribution in [1.82, 2.24) is 15.1 Å². The monoisotopic (exact) mass is 301 g/mol. The first-order chi connectivity index (χ1) is 9.11. The molecular weight excluding hydrogens is 281 g/mol. The Hall–Kier alpha value is -0.320. The average molecular weight is 302 g/mol. The van der Waals surface area contributed by atoms with Crippen LogP contribution in [-0.4, -0.2) is 56.6 Å². The van der Waals surface area contributed by atoms with Crippen molar-refractivity contribution in [3.05, 3.63) is 33.8 Å². The van der Waals surface area contributed by atoms with Crippen LogP contribution >= 0.6 is 23.2 Å². The predicted molar refractivity (Wildman–Crippen MR) is 82.2 cm³/mol. The molecule has 1 heterocycles. The molecule has 0 amide bonds. The third kappa shape index (κ3) is 3.83. The second kappa shape index (κ2) is 6.91. The second-order valence-corrected chi connectivity index (χ2v) is 5.92. The summed E-state index contributed by atoms with van der Waals surface area (Å²) in [5, 5.41) is 4.72. The minimum absolute atomic E-state index is 0.309. The zero-order valence-corrected chi connectivity index (χ0v) is 13.0. The van der Waals surface area contributed by atoms with Gasteiger partial charge in [0.25, 0.3) is 0 Å². The van der Waals surface area contributed by atoms with Crippen LogP contribution in [0.5, 0.6) is 0 Å². The van der Waals surface area contributed by atoms with Crippen molar-refractivity contribution in [2.24, 2.45) is 0 Å². The maximum atomic E-state index is 6.36. The molecule has 0 saturated carbocycles. The fourth-order valence-corrected chi connectivity index (χ4v) is 3.07. The molecule has 1 saturated heterocycles. The molecule has 1 aromatic rings. The van der Waals surface area contributed by atoms with Crippen LogP contribution < -0.4 is 5.32 Å². The maximum Gasteiger partial charge on any atom is 0.0488 e. The summed E-state index contributed by atoms with van der Waals surface area (Å²) in [6.07, 6.45) is 0. The molecule has 1 aromatic carbocycles. The van der Waals surface area contributed by atoms with Gasteiger partial charge >= 0.3 is 0 Å². The molecule has 106 valence electrons. The quantitative estimate of drug-likeness (QED) is 0.922. The lowest BCUT2D eigenvalue weighted by molar-refractivity contribution is 0.111. The molecule has 0 aliphatic carbocycles. The highest BCUT2D eigenvalue weighted by atomic mass is 35.5. The summed E-state index contributed by atoms with van der Waals surface area (Å²) in [7, 11) is 4.15. The van der Waals surface area contributed by atoms with Gasteiger partial charge in [-0.05, 0) is 31.8 Å². The van der Waals surface area contributed by atoms with Crippen molar-refractivity contribution in [3.63, 3.8) is 0 Å². The van der Waals surface area contributed by atoms with Crippen molar-refractivity contribution >= 4 is 23.2 Å². The first-order valence-electron chi connectivity index (χ1n) is 6.64. The number of likely N-dealkylation sites (N-methyl/N-ethyl adjacent to an activating group) is 2. The summed E-state index contributed by atoms with van der Waals surface area (Å²) in [4.78, 5) is 4.85. The third-order valence-corrected chi connectivity index (χ3v) is 4.26. The Bertz CT molecular complexity index is 417. The van der Waals surface area contributed by atoms with Crippen LogP contribution in [0.3, 0.4) is 0 Å². The van der Waals surface area contributed by atoms with E-state index in [2.05, 4.69) is 22.2 Å². The smallest absolute Gasteiger partial charge is 0.0488 e. The fourth-order valence-electron chi connectivity index (χ4n) is 2.53. The molecule has 0 radical (unpaired) electrons. The van der Waals surface area contributed by atoms with Gasteiger partial charge in [-0.25, -0.2) is 0 Å². The zero-order valence-electron chi connectivity index (χ0n) is 11.5. The van der Waals surface area contributed by atoms with Gasteiger partial charge in [-0.2, -0.15) is 0 Å². The lowest BCUT2D eigenvalue weighted by Crippen LogP contribution is -2.47. The van der Waals surface area contributed by atoms with E-state index in [0.717, 1.165) is 43.3 Å². The Labute approximate surface area is 125 Å². The second-order valence-electron chi connectivity index (χ2n) is 5.08. The number of hydrogen-bond donors (Lipinski definition) is 1. The number of rotatable bonds is 4. The van der Waals surface area contributed by atoms with Gasteiger partial charge in [-0.15, -0.1) is 0 Å². The molecule has 3 nitrogen and oxygen atoms in total. The van der Waals surface area contributed by atoms with Gasteiger partial charge < -0.3 is 10.2 Å². The van der Waals surface area contributed by atoms with Crippen LogP contribution in [0.4, 0.5) is 0 Å². The summed E-state index contributed by atoms with van der Waals surface area (Å²) in [6, 6.07) is 6.10. The minimum atomic E-state index is 0.309. The predicted octanol–water partition coefficient (Wildman–Crippen LogP) is 2.50. The van der Waals surface area contributed by atoms with Crippen LogP contribution in [0.1, 0.15) is 11.6 Å². The van der Waals surface area contributed by atoms with E-state index in [-0.39, 0.29) is 0 Å². The molecule has 5 heteroatoms. The Morgan fingerprint density at radius 3 is 2.47 bits per heavy atom. The Morgan fingerprint density at radius 2 is 1.89 bits per heavy atom. The van der Waals surface area contributed by atoms with E-state index in [1.165, 1.54) is 0 Å². The van der Waals surface area contributed by atoms with E-state index in [1.54, 1.807) is 0 Å². The number of halogens is 2. The Balaban J connectivity index is 2.19. The largest absolute Gasteiger partial charge is 0.318 e. The third-order valence-electron chi connectivity index (χ3n) is 3.70. The summed E-state index contributed by atoms with van der Waals surface area (Å²) in [6.45, 7) is 5.24. The molecule has 1 fully saturated rings. The zero-order chi connectivity index (χ0) is 13.8. The molecule has 1 aliphatic rings. The molecule has 19 heavy (non-hydrogen) atoms. The molecule has 2 rings (SSSR count). The highest BCUT2D eigenvalue weighted by Gasteiger charge is 2.24. The molecule has 0 spiro atoms. The number of benzene rings is 1. The summed E-state index contributed by atoms with van der Waals surface area (Å²) >= 11 is 12.3. The summed E-state index contributed by atoms with van der Waals surface area (Å²) in [5.74, 6) is 0. The van der Waals surface area contributed by atoms with Gasteiger partial charge in [0.1, 0.15) is 0 Å². The standard InChI is InChI=1S/C14H21Cl2N3/c1-17-10-14(19-7-5-18(2)6-8-19)12-4-3-11(15)9-13(12)16/h3-4,9,14,17H,5-8,10H2,1-2H3. The lowest BCUT2D eigenvalue weighted by Gasteiger charge is -2.38.